The predicted octanol–water partition coefficient (Wildman–Crippen LogP) is 2.35. The third-order valence-corrected chi connectivity index (χ3v) is 4.73. The quantitative estimate of drug-likeness (QED) is 0.528. The number of nitrogens with zero attached hydrogens (tertiary/aromatic N) is 2. The summed E-state index contributed by atoms with van der Waals surface area (Å²) in [6.07, 6.45) is 4.09. The lowest BCUT2D eigenvalue weighted by atomic mass is 10.1. The number of ketones is 1. The van der Waals surface area contributed by atoms with Gasteiger partial charge in [-0.25, -0.2) is 0 Å². The van der Waals surface area contributed by atoms with Crippen molar-refractivity contribution in [2.45, 2.75) is 45.4 Å². The van der Waals surface area contributed by atoms with Crippen LogP contribution >= 0.6 is 0 Å². The van der Waals surface area contributed by atoms with Gasteiger partial charge in [-0.15, -0.1) is 0 Å². The van der Waals surface area contributed by atoms with E-state index in [2.05, 4.69) is 0 Å². The Balaban J connectivity index is 1.70. The molecule has 1 heterocycles. The predicted molar refractivity (Wildman–Crippen MR) is 97.6 cm³/mol. The van der Waals surface area contributed by atoms with Gasteiger partial charge < -0.3 is 4.90 Å². The van der Waals surface area contributed by atoms with Crippen LogP contribution in [0.1, 0.15) is 54.4 Å². The lowest BCUT2D eigenvalue weighted by Gasteiger charge is -2.26. The smallest absolute Gasteiger partial charge is 0.260 e. The first-order valence-corrected chi connectivity index (χ1v) is 9.14. The normalized spacial score (nSPS) is 14.2. The summed E-state index contributed by atoms with van der Waals surface area (Å²) in [7, 11) is 0. The van der Waals surface area contributed by atoms with Gasteiger partial charge in [-0.1, -0.05) is 24.6 Å². The van der Waals surface area contributed by atoms with Gasteiger partial charge in [0.2, 0.25) is 12.3 Å². The monoisotopic (exact) mass is 358 g/mol. The molecule has 0 bridgehead atoms. The van der Waals surface area contributed by atoms with Crippen molar-refractivity contribution in [2.24, 2.45) is 0 Å². The summed E-state index contributed by atoms with van der Waals surface area (Å²) in [4.78, 5) is 49.9. The fourth-order valence-corrected chi connectivity index (χ4v) is 3.07. The molecule has 0 saturated carbocycles. The fourth-order valence-electron chi connectivity index (χ4n) is 3.07. The van der Waals surface area contributed by atoms with Gasteiger partial charge in [0.1, 0.15) is 5.78 Å². The van der Waals surface area contributed by atoms with Crippen molar-refractivity contribution < 1.29 is 19.2 Å². The molecule has 1 fully saturated rings. The lowest BCUT2D eigenvalue weighted by Crippen LogP contribution is -2.38. The molecule has 1 aliphatic heterocycles. The summed E-state index contributed by atoms with van der Waals surface area (Å²) < 4.78 is 0. The van der Waals surface area contributed by atoms with Gasteiger partial charge in [0.05, 0.1) is 0 Å². The molecule has 1 aromatic rings. The van der Waals surface area contributed by atoms with Gasteiger partial charge >= 0.3 is 0 Å². The number of rotatable bonds is 8. The summed E-state index contributed by atoms with van der Waals surface area (Å²) >= 11 is 0. The van der Waals surface area contributed by atoms with E-state index in [9.17, 15) is 19.2 Å². The maximum Gasteiger partial charge on any atom is 0.260 e. The number of carbonyl (C=O) groups excluding carboxylic acids is 4. The SMILES string of the molecule is Cc1ccccc1C(=O)N(C=O)CCCCCC(=O)N1CCC(=O)CC1. The maximum atomic E-state index is 12.4. The number of imide groups is 1. The van der Waals surface area contributed by atoms with Crippen LogP contribution in [0.3, 0.4) is 0 Å². The van der Waals surface area contributed by atoms with Gasteiger partial charge in [0, 0.05) is 44.5 Å². The van der Waals surface area contributed by atoms with Crippen LogP contribution in [0.5, 0.6) is 0 Å². The zero-order valence-electron chi connectivity index (χ0n) is 15.3. The Morgan fingerprint density at radius 2 is 1.81 bits per heavy atom. The number of Topliss-reactive ketones (excluding diaryl/α,β-unsaturated/α-hetero) is 1. The molecule has 0 radical (unpaired) electrons. The first kappa shape index (κ1) is 19.8. The standard InChI is InChI=1S/C20H26N2O4/c1-16-7-4-5-8-18(16)20(26)22(15-23)12-6-2-3-9-19(25)21-13-10-17(24)11-14-21/h4-5,7-8,15H,2-3,6,9-14H2,1H3. The first-order chi connectivity index (χ1) is 12.5. The highest BCUT2D eigenvalue weighted by Gasteiger charge is 2.20. The van der Waals surface area contributed by atoms with Crippen LogP contribution in [0, 0.1) is 6.92 Å². The average Bonchev–Trinajstić information content (AvgIpc) is 2.65. The average molecular weight is 358 g/mol. The van der Waals surface area contributed by atoms with Gasteiger partial charge in [0.15, 0.2) is 0 Å². The summed E-state index contributed by atoms with van der Waals surface area (Å²) in [5.74, 6) is 0.0224. The second-order valence-corrected chi connectivity index (χ2v) is 6.65. The Bertz CT molecular complexity index is 662. The second-order valence-electron chi connectivity index (χ2n) is 6.65. The minimum absolute atomic E-state index is 0.0840. The van der Waals surface area contributed by atoms with E-state index in [0.717, 1.165) is 12.0 Å². The van der Waals surface area contributed by atoms with E-state index >= 15 is 0 Å². The molecule has 0 aromatic heterocycles. The molecule has 0 atom stereocenters. The zero-order chi connectivity index (χ0) is 18.9. The van der Waals surface area contributed by atoms with Crippen molar-refractivity contribution in [2.75, 3.05) is 19.6 Å². The fraction of sp³-hybridized carbons (Fsp3) is 0.500. The van der Waals surface area contributed by atoms with E-state index in [1.54, 1.807) is 17.0 Å². The number of benzene rings is 1. The highest BCUT2D eigenvalue weighted by atomic mass is 16.2. The maximum absolute atomic E-state index is 12.4. The third-order valence-electron chi connectivity index (χ3n) is 4.73. The molecule has 1 aliphatic rings. The number of aryl methyl sites for hydroxylation is 1. The van der Waals surface area contributed by atoms with Gasteiger partial charge in [-0.05, 0) is 31.4 Å². The number of hydrogen-bond acceptors (Lipinski definition) is 4. The van der Waals surface area contributed by atoms with E-state index in [0.29, 0.717) is 63.7 Å². The Hall–Kier alpha value is -2.50. The third kappa shape index (κ3) is 5.51. The van der Waals surface area contributed by atoms with Gasteiger partial charge in [0.25, 0.3) is 5.91 Å². The Morgan fingerprint density at radius 1 is 1.12 bits per heavy atom. The number of carbonyl (C=O) groups is 4. The number of hydrogen-bond donors (Lipinski definition) is 0. The van der Waals surface area contributed by atoms with Crippen LogP contribution in [-0.2, 0) is 14.4 Å². The zero-order valence-corrected chi connectivity index (χ0v) is 15.3. The molecule has 0 unspecified atom stereocenters. The molecular formula is C20H26N2O4. The van der Waals surface area contributed by atoms with Crippen molar-refractivity contribution in [3.05, 3.63) is 35.4 Å². The van der Waals surface area contributed by atoms with Gasteiger partial charge in [-0.3, -0.25) is 24.1 Å². The second kappa shape index (κ2) is 9.85. The minimum Gasteiger partial charge on any atom is -0.342 e. The molecule has 1 aromatic carbocycles. The van der Waals surface area contributed by atoms with Crippen molar-refractivity contribution in [1.82, 2.24) is 9.80 Å². The van der Waals surface area contributed by atoms with Crippen LogP contribution in [0.2, 0.25) is 0 Å². The number of piperidine rings is 1. The molecule has 6 heteroatoms. The van der Waals surface area contributed by atoms with Crippen molar-refractivity contribution in [3.63, 3.8) is 0 Å². The molecule has 2 rings (SSSR count). The molecule has 3 amide bonds. The van der Waals surface area contributed by atoms with Crippen molar-refractivity contribution in [1.29, 1.82) is 0 Å². The van der Waals surface area contributed by atoms with Crippen LogP contribution in [-0.4, -0.2) is 53.4 Å². The van der Waals surface area contributed by atoms with E-state index in [-0.39, 0.29) is 17.6 Å². The topological polar surface area (TPSA) is 74.8 Å². The summed E-state index contributed by atoms with van der Waals surface area (Å²) in [5.41, 5.74) is 1.38. The highest BCUT2D eigenvalue weighted by molar-refractivity contribution is 6.00. The number of amides is 3. The van der Waals surface area contributed by atoms with Crippen LogP contribution < -0.4 is 0 Å². The minimum atomic E-state index is -0.285. The van der Waals surface area contributed by atoms with Crippen LogP contribution in [0.25, 0.3) is 0 Å². The molecule has 0 spiro atoms. The van der Waals surface area contributed by atoms with E-state index in [1.807, 2.05) is 19.1 Å². The molecular weight excluding hydrogens is 332 g/mol. The summed E-state index contributed by atoms with van der Waals surface area (Å²) in [6, 6.07) is 7.20. The lowest BCUT2D eigenvalue weighted by molar-refractivity contribution is -0.134. The number of unbranched alkanes of at least 4 members (excludes halogenated alkanes) is 2. The molecule has 6 nitrogen and oxygen atoms in total. The highest BCUT2D eigenvalue weighted by Crippen LogP contribution is 2.12. The molecule has 140 valence electrons. The number of likely N-dealkylation sites (tertiary alicyclic amines) is 1. The van der Waals surface area contributed by atoms with E-state index in [1.165, 1.54) is 4.90 Å². The van der Waals surface area contributed by atoms with Crippen LogP contribution in [0.4, 0.5) is 0 Å². The van der Waals surface area contributed by atoms with E-state index < -0.39 is 0 Å². The first-order valence-electron chi connectivity index (χ1n) is 9.14. The molecule has 0 N–H and O–H groups in total. The molecule has 1 saturated heterocycles. The molecule has 26 heavy (non-hydrogen) atoms. The van der Waals surface area contributed by atoms with Crippen molar-refractivity contribution >= 4 is 24.0 Å². The summed E-state index contributed by atoms with van der Waals surface area (Å²) in [5, 5.41) is 0. The Labute approximate surface area is 154 Å². The van der Waals surface area contributed by atoms with E-state index in [4.69, 9.17) is 0 Å². The Kier molecular flexibility index (Phi) is 7.51. The van der Waals surface area contributed by atoms with Gasteiger partial charge in [-0.2, -0.15) is 0 Å². The van der Waals surface area contributed by atoms with Crippen LogP contribution in [0.15, 0.2) is 24.3 Å². The Morgan fingerprint density at radius 3 is 2.46 bits per heavy atom. The molecule has 0 aliphatic carbocycles. The van der Waals surface area contributed by atoms with Crippen molar-refractivity contribution in [3.8, 4) is 0 Å². The largest absolute Gasteiger partial charge is 0.342 e. The summed E-state index contributed by atoms with van der Waals surface area (Å²) in [6.45, 7) is 3.25.